The summed E-state index contributed by atoms with van der Waals surface area (Å²) in [5.41, 5.74) is 3.83. The monoisotopic (exact) mass is 492 g/mol. The van der Waals surface area contributed by atoms with Gasteiger partial charge in [0.15, 0.2) is 0 Å². The van der Waals surface area contributed by atoms with E-state index in [-0.39, 0.29) is 23.4 Å². The van der Waals surface area contributed by atoms with Gasteiger partial charge < -0.3 is 5.32 Å². The molecule has 2 aromatic carbocycles. The van der Waals surface area contributed by atoms with E-state index in [9.17, 15) is 13.2 Å². The third-order valence-corrected chi connectivity index (χ3v) is 8.08. The molecular weight excluding hydrogens is 464 g/mol. The predicted octanol–water partition coefficient (Wildman–Crippen LogP) is 5.34. The first-order valence-electron chi connectivity index (χ1n) is 10.3. The molecule has 1 saturated carbocycles. The van der Waals surface area contributed by atoms with Gasteiger partial charge >= 0.3 is 0 Å². The molecule has 1 N–H and O–H groups in total. The van der Waals surface area contributed by atoms with Crippen LogP contribution in [0.3, 0.4) is 0 Å². The van der Waals surface area contributed by atoms with Crippen molar-refractivity contribution in [2.75, 3.05) is 11.9 Å². The van der Waals surface area contributed by atoms with E-state index in [2.05, 4.69) is 21.2 Å². The molecule has 0 unspecified atom stereocenters. The number of rotatable bonds is 6. The Morgan fingerprint density at radius 2 is 1.60 bits per heavy atom. The summed E-state index contributed by atoms with van der Waals surface area (Å²) in [5.74, 6) is -0.309. The minimum absolute atomic E-state index is 0.154. The quantitative estimate of drug-likeness (QED) is 0.591. The van der Waals surface area contributed by atoms with Crippen molar-refractivity contribution in [1.29, 1.82) is 0 Å². The molecule has 0 spiro atoms. The smallest absolute Gasteiger partial charge is 0.243 e. The van der Waals surface area contributed by atoms with E-state index in [1.165, 1.54) is 4.31 Å². The highest BCUT2D eigenvalue weighted by atomic mass is 79.9. The van der Waals surface area contributed by atoms with E-state index < -0.39 is 10.0 Å². The lowest BCUT2D eigenvalue weighted by atomic mass is 9.95. The Balaban J connectivity index is 1.87. The molecule has 0 atom stereocenters. The van der Waals surface area contributed by atoms with Gasteiger partial charge in [-0.3, -0.25) is 4.79 Å². The molecule has 30 heavy (non-hydrogen) atoms. The highest BCUT2D eigenvalue weighted by molar-refractivity contribution is 9.10. The van der Waals surface area contributed by atoms with Gasteiger partial charge in [-0.2, -0.15) is 4.31 Å². The molecule has 0 radical (unpaired) electrons. The molecule has 1 fully saturated rings. The van der Waals surface area contributed by atoms with Crippen molar-refractivity contribution in [3.05, 3.63) is 57.6 Å². The largest absolute Gasteiger partial charge is 0.324 e. The summed E-state index contributed by atoms with van der Waals surface area (Å²) < 4.78 is 29.1. The third-order valence-electron chi connectivity index (χ3n) is 5.64. The van der Waals surface area contributed by atoms with Crippen LogP contribution < -0.4 is 5.32 Å². The van der Waals surface area contributed by atoms with Crippen LogP contribution in [-0.4, -0.2) is 31.2 Å². The van der Waals surface area contributed by atoms with Gasteiger partial charge in [0.2, 0.25) is 15.9 Å². The van der Waals surface area contributed by atoms with Crippen LogP contribution in [0.1, 0.15) is 48.8 Å². The van der Waals surface area contributed by atoms with Gasteiger partial charge in [0.25, 0.3) is 0 Å². The van der Waals surface area contributed by atoms with Crippen molar-refractivity contribution in [2.45, 2.75) is 63.8 Å². The molecule has 0 saturated heterocycles. The van der Waals surface area contributed by atoms with E-state index in [0.29, 0.717) is 0 Å². The zero-order valence-electron chi connectivity index (χ0n) is 17.7. The zero-order chi connectivity index (χ0) is 21.9. The summed E-state index contributed by atoms with van der Waals surface area (Å²) in [6, 6.07) is 10.5. The Morgan fingerprint density at radius 1 is 1.03 bits per heavy atom. The summed E-state index contributed by atoms with van der Waals surface area (Å²) >= 11 is 3.35. The second-order valence-corrected chi connectivity index (χ2v) is 10.9. The van der Waals surface area contributed by atoms with E-state index >= 15 is 0 Å². The van der Waals surface area contributed by atoms with Crippen molar-refractivity contribution in [2.24, 2.45) is 0 Å². The molecule has 3 rings (SSSR count). The van der Waals surface area contributed by atoms with Gasteiger partial charge in [0.1, 0.15) is 0 Å². The molecule has 1 amide bonds. The van der Waals surface area contributed by atoms with Gasteiger partial charge in [0, 0.05) is 16.2 Å². The lowest BCUT2D eigenvalue weighted by Gasteiger charge is -2.33. The van der Waals surface area contributed by atoms with Crippen LogP contribution in [0.2, 0.25) is 0 Å². The Bertz CT molecular complexity index is 990. The van der Waals surface area contributed by atoms with Crippen molar-refractivity contribution in [3.63, 3.8) is 0 Å². The fraction of sp³-hybridized carbons (Fsp3) is 0.435. The summed E-state index contributed by atoms with van der Waals surface area (Å²) in [5, 5.41) is 2.96. The molecular formula is C23H29BrN2O3S. The summed E-state index contributed by atoms with van der Waals surface area (Å²) in [4.78, 5) is 13.2. The number of aryl methyl sites for hydroxylation is 3. The minimum atomic E-state index is -3.78. The van der Waals surface area contributed by atoms with Crippen LogP contribution in [0.4, 0.5) is 5.69 Å². The topological polar surface area (TPSA) is 66.5 Å². The van der Waals surface area contributed by atoms with Gasteiger partial charge in [-0.1, -0.05) is 52.9 Å². The molecule has 2 aromatic rings. The molecule has 0 aliphatic heterocycles. The zero-order valence-corrected chi connectivity index (χ0v) is 20.1. The van der Waals surface area contributed by atoms with Crippen LogP contribution in [-0.2, 0) is 14.8 Å². The standard InChI is InChI=1S/C23H29BrN2O3S/c1-16-13-17(2)23(18(3)14-16)25-22(27)15-26(20-7-5-4-6-8-20)30(28,29)21-11-9-19(24)10-12-21/h9-14,20H,4-8,15H2,1-3H3,(H,25,27). The fourth-order valence-corrected chi connectivity index (χ4v) is 6.12. The van der Waals surface area contributed by atoms with Crippen LogP contribution >= 0.6 is 15.9 Å². The first-order chi connectivity index (χ1) is 14.2. The highest BCUT2D eigenvalue weighted by Gasteiger charge is 2.34. The Morgan fingerprint density at radius 3 is 2.17 bits per heavy atom. The molecule has 5 nitrogen and oxygen atoms in total. The van der Waals surface area contributed by atoms with E-state index in [0.717, 1.165) is 59.0 Å². The van der Waals surface area contributed by atoms with Crippen molar-refractivity contribution >= 4 is 37.5 Å². The van der Waals surface area contributed by atoms with Gasteiger partial charge in [-0.05, 0) is 69.0 Å². The molecule has 0 bridgehead atoms. The average Bonchev–Trinajstić information content (AvgIpc) is 2.70. The Hall–Kier alpha value is -1.70. The van der Waals surface area contributed by atoms with Gasteiger partial charge in [-0.15, -0.1) is 0 Å². The highest BCUT2D eigenvalue weighted by Crippen LogP contribution is 2.29. The normalized spacial score (nSPS) is 15.4. The molecule has 1 aliphatic carbocycles. The lowest BCUT2D eigenvalue weighted by Crippen LogP contribution is -2.45. The van der Waals surface area contributed by atoms with Crippen LogP contribution in [0.5, 0.6) is 0 Å². The SMILES string of the molecule is Cc1cc(C)c(NC(=O)CN(C2CCCCC2)S(=O)(=O)c2ccc(Br)cc2)c(C)c1. The van der Waals surface area contributed by atoms with Crippen molar-refractivity contribution in [3.8, 4) is 0 Å². The van der Waals surface area contributed by atoms with E-state index in [1.807, 2.05) is 32.9 Å². The van der Waals surface area contributed by atoms with E-state index in [1.54, 1.807) is 24.3 Å². The minimum Gasteiger partial charge on any atom is -0.324 e. The van der Waals surface area contributed by atoms with Gasteiger partial charge in [0.05, 0.1) is 11.4 Å². The molecule has 0 heterocycles. The second-order valence-electron chi connectivity index (χ2n) is 8.12. The fourth-order valence-electron chi connectivity index (χ4n) is 4.22. The maximum atomic E-state index is 13.4. The second kappa shape index (κ2) is 9.62. The molecule has 0 aromatic heterocycles. The number of halogens is 1. The maximum Gasteiger partial charge on any atom is 0.243 e. The van der Waals surface area contributed by atoms with E-state index in [4.69, 9.17) is 0 Å². The molecule has 162 valence electrons. The lowest BCUT2D eigenvalue weighted by molar-refractivity contribution is -0.116. The number of nitrogens with one attached hydrogen (secondary N) is 1. The number of amides is 1. The number of carbonyl (C=O) groups excluding carboxylic acids is 1. The van der Waals surface area contributed by atoms with Crippen molar-refractivity contribution < 1.29 is 13.2 Å². The number of hydrogen-bond donors (Lipinski definition) is 1. The van der Waals surface area contributed by atoms with Crippen molar-refractivity contribution in [1.82, 2.24) is 4.31 Å². The summed E-state index contributed by atoms with van der Waals surface area (Å²) in [6.07, 6.45) is 4.64. The predicted molar refractivity (Wildman–Crippen MR) is 124 cm³/mol. The Labute approximate surface area is 188 Å². The third kappa shape index (κ3) is 5.31. The summed E-state index contributed by atoms with van der Waals surface area (Å²) in [6.45, 7) is 5.73. The number of nitrogens with zero attached hydrogens (tertiary/aromatic N) is 1. The van der Waals surface area contributed by atoms with Crippen LogP contribution in [0, 0.1) is 20.8 Å². The maximum absolute atomic E-state index is 13.4. The Kier molecular flexibility index (Phi) is 7.37. The number of carbonyl (C=O) groups is 1. The first kappa shape index (κ1) is 23.0. The number of hydrogen-bond acceptors (Lipinski definition) is 3. The average molecular weight is 493 g/mol. The molecule has 7 heteroatoms. The number of anilines is 1. The van der Waals surface area contributed by atoms with Crippen LogP contribution in [0.25, 0.3) is 0 Å². The number of sulfonamides is 1. The summed E-state index contributed by atoms with van der Waals surface area (Å²) in [7, 11) is -3.78. The number of benzene rings is 2. The van der Waals surface area contributed by atoms with Crippen LogP contribution in [0.15, 0.2) is 45.8 Å². The first-order valence-corrected chi connectivity index (χ1v) is 12.6. The van der Waals surface area contributed by atoms with Gasteiger partial charge in [-0.25, -0.2) is 8.42 Å². The molecule has 1 aliphatic rings.